The van der Waals surface area contributed by atoms with E-state index in [0.29, 0.717) is 0 Å². The van der Waals surface area contributed by atoms with Crippen molar-refractivity contribution >= 4 is 5.97 Å². The number of hydrogen-bond donors (Lipinski definition) is 2. The molecule has 0 fully saturated rings. The minimum Gasteiger partial charge on any atom is -0.481 e. The van der Waals surface area contributed by atoms with Gasteiger partial charge in [-0.2, -0.15) is 0 Å². The zero-order chi connectivity index (χ0) is 7.86. The Morgan fingerprint density at radius 2 is 1.89 bits per heavy atom. The van der Waals surface area contributed by atoms with Crippen LogP contribution in [-0.4, -0.2) is 18.1 Å². The number of carbonyl (C=O) groups is 1. The van der Waals surface area contributed by atoms with Crippen LogP contribution in [0.3, 0.4) is 0 Å². The van der Waals surface area contributed by atoms with Gasteiger partial charge >= 0.3 is 5.97 Å². The summed E-state index contributed by atoms with van der Waals surface area (Å²) in [4.78, 5) is 9.81. The molecule has 0 aliphatic rings. The smallest absolute Gasteiger partial charge is 0.303 e. The maximum Gasteiger partial charge on any atom is 0.303 e. The van der Waals surface area contributed by atoms with Crippen LogP contribution in [0.5, 0.6) is 0 Å². The van der Waals surface area contributed by atoms with Crippen LogP contribution in [0.1, 0.15) is 20.3 Å². The first-order valence-corrected chi connectivity index (χ1v) is 2.92. The van der Waals surface area contributed by atoms with Gasteiger partial charge < -0.3 is 10.8 Å². The molecule has 0 saturated carbocycles. The van der Waals surface area contributed by atoms with Gasteiger partial charge in [0.15, 0.2) is 0 Å². The predicted octanol–water partition coefficient (Wildman–Crippen LogP) is 0.692. The fourth-order valence-electron chi connectivity index (χ4n) is 0.349. The van der Waals surface area contributed by atoms with E-state index < -0.39 is 5.97 Å². The highest BCUT2D eigenvalue weighted by molar-refractivity contribution is 5.66. The quantitative estimate of drug-likeness (QED) is 0.582. The summed E-state index contributed by atoms with van der Waals surface area (Å²) in [5.41, 5.74) is 4.50. The van der Waals surface area contributed by atoms with E-state index in [9.17, 15) is 4.79 Å². The topological polar surface area (TPSA) is 63.3 Å². The third-order valence-electron chi connectivity index (χ3n) is 0.583. The lowest BCUT2D eigenvalue weighted by Crippen LogP contribution is -1.99. The molecule has 0 heterocycles. The Kier molecular flexibility index (Phi) is 9.29. The van der Waals surface area contributed by atoms with Gasteiger partial charge in [0.25, 0.3) is 0 Å². The number of hydrogen-bond acceptors (Lipinski definition) is 2. The molecule has 0 aliphatic heterocycles. The Hall–Kier alpha value is -0.570. The summed E-state index contributed by atoms with van der Waals surface area (Å²) in [5.74, 6) is -0.438. The van der Waals surface area contributed by atoms with Crippen LogP contribution >= 0.6 is 0 Å². The van der Waals surface area contributed by atoms with Gasteiger partial charge in [0.2, 0.25) is 0 Å². The zero-order valence-electron chi connectivity index (χ0n) is 6.22. The summed E-state index contributed by atoms with van der Waals surface area (Å²) in [6, 6.07) is 0. The summed E-state index contributed by atoms with van der Waals surface area (Å²) in [6.07, 6.45) is 0.278. The summed E-state index contributed by atoms with van der Waals surface area (Å²) < 4.78 is 0. The van der Waals surface area contributed by atoms with Crippen LogP contribution in [0.2, 0.25) is 0 Å². The van der Waals surface area contributed by atoms with Crippen molar-refractivity contribution in [3.05, 3.63) is 0 Å². The van der Waals surface area contributed by atoms with Crippen molar-refractivity contribution in [2.24, 2.45) is 11.7 Å². The molecular formula is C6H15NO2. The van der Waals surface area contributed by atoms with Gasteiger partial charge in [-0.25, -0.2) is 0 Å². The number of rotatable bonds is 2. The molecule has 3 nitrogen and oxygen atoms in total. The van der Waals surface area contributed by atoms with Crippen molar-refractivity contribution in [2.45, 2.75) is 20.3 Å². The molecular weight excluding hydrogens is 118 g/mol. The first kappa shape index (κ1) is 11.3. The Morgan fingerprint density at radius 3 is 1.89 bits per heavy atom. The molecule has 56 valence electrons. The maximum atomic E-state index is 9.81. The molecule has 3 heteroatoms. The summed E-state index contributed by atoms with van der Waals surface area (Å²) in [6.45, 7) is 3.77. The molecule has 0 amide bonds. The van der Waals surface area contributed by atoms with Crippen molar-refractivity contribution in [1.29, 1.82) is 0 Å². The van der Waals surface area contributed by atoms with Crippen molar-refractivity contribution < 1.29 is 9.90 Å². The van der Waals surface area contributed by atoms with Crippen molar-refractivity contribution in [3.8, 4) is 0 Å². The van der Waals surface area contributed by atoms with Crippen LogP contribution in [0.15, 0.2) is 0 Å². The van der Waals surface area contributed by atoms with E-state index in [-0.39, 0.29) is 12.3 Å². The molecule has 0 aromatic heterocycles. The second-order valence-corrected chi connectivity index (χ2v) is 1.99. The molecule has 0 radical (unpaired) electrons. The Labute approximate surface area is 55.9 Å². The molecule has 0 atom stereocenters. The van der Waals surface area contributed by atoms with E-state index in [1.807, 2.05) is 13.8 Å². The molecule has 0 aliphatic carbocycles. The number of nitrogens with two attached hydrogens (primary N) is 1. The molecule has 0 spiro atoms. The highest BCUT2D eigenvalue weighted by Crippen LogP contribution is 1.96. The Balaban J connectivity index is 0. The van der Waals surface area contributed by atoms with Gasteiger partial charge in [-0.15, -0.1) is 0 Å². The molecule has 0 rings (SSSR count). The molecule has 0 aromatic rings. The van der Waals surface area contributed by atoms with Gasteiger partial charge in [-0.3, -0.25) is 4.79 Å². The highest BCUT2D eigenvalue weighted by atomic mass is 16.4. The third kappa shape index (κ3) is 18.6. The minimum absolute atomic E-state index is 0.275. The van der Waals surface area contributed by atoms with Crippen molar-refractivity contribution in [2.75, 3.05) is 7.05 Å². The maximum absolute atomic E-state index is 9.81. The van der Waals surface area contributed by atoms with Gasteiger partial charge in [-0.05, 0) is 13.0 Å². The first-order valence-electron chi connectivity index (χ1n) is 2.92. The highest BCUT2D eigenvalue weighted by Gasteiger charge is 1.98. The average molecular weight is 133 g/mol. The van der Waals surface area contributed by atoms with Gasteiger partial charge in [0.1, 0.15) is 0 Å². The van der Waals surface area contributed by atoms with E-state index >= 15 is 0 Å². The molecule has 0 unspecified atom stereocenters. The number of aliphatic carboxylic acids is 1. The van der Waals surface area contributed by atoms with Crippen LogP contribution < -0.4 is 5.73 Å². The fraction of sp³-hybridized carbons (Fsp3) is 0.833. The summed E-state index contributed by atoms with van der Waals surface area (Å²) in [5, 5.41) is 8.08. The molecule has 3 N–H and O–H groups in total. The van der Waals surface area contributed by atoms with Gasteiger partial charge in [0.05, 0.1) is 0 Å². The van der Waals surface area contributed by atoms with Crippen LogP contribution in [0.4, 0.5) is 0 Å². The van der Waals surface area contributed by atoms with E-state index in [2.05, 4.69) is 5.73 Å². The van der Waals surface area contributed by atoms with Crippen LogP contribution in [0, 0.1) is 5.92 Å². The van der Waals surface area contributed by atoms with Crippen LogP contribution in [-0.2, 0) is 4.79 Å². The van der Waals surface area contributed by atoms with E-state index in [1.54, 1.807) is 0 Å². The van der Waals surface area contributed by atoms with Gasteiger partial charge in [-0.1, -0.05) is 13.8 Å². The first-order chi connectivity index (χ1) is 4.13. The second-order valence-electron chi connectivity index (χ2n) is 1.99. The molecule has 0 saturated heterocycles. The van der Waals surface area contributed by atoms with E-state index in [1.165, 1.54) is 7.05 Å². The van der Waals surface area contributed by atoms with E-state index in [4.69, 9.17) is 5.11 Å². The van der Waals surface area contributed by atoms with Crippen molar-refractivity contribution in [3.63, 3.8) is 0 Å². The van der Waals surface area contributed by atoms with Crippen LogP contribution in [0.25, 0.3) is 0 Å². The zero-order valence-corrected chi connectivity index (χ0v) is 6.22. The lowest BCUT2D eigenvalue weighted by Gasteiger charge is -1.94. The summed E-state index contributed by atoms with van der Waals surface area (Å²) >= 11 is 0. The molecule has 9 heavy (non-hydrogen) atoms. The third-order valence-corrected chi connectivity index (χ3v) is 0.583. The lowest BCUT2D eigenvalue weighted by atomic mass is 10.1. The normalized spacial score (nSPS) is 8.11. The second kappa shape index (κ2) is 7.43. The lowest BCUT2D eigenvalue weighted by molar-refractivity contribution is -0.137. The Morgan fingerprint density at radius 1 is 1.56 bits per heavy atom. The van der Waals surface area contributed by atoms with Gasteiger partial charge in [0, 0.05) is 6.42 Å². The average Bonchev–Trinajstić information content (AvgIpc) is 1.68. The Bertz CT molecular complexity index is 71.5. The molecule has 0 bridgehead atoms. The largest absolute Gasteiger partial charge is 0.481 e. The minimum atomic E-state index is -0.713. The number of carboxylic acids is 1. The predicted molar refractivity (Wildman–Crippen MR) is 37.2 cm³/mol. The fourth-order valence-corrected chi connectivity index (χ4v) is 0.349. The number of carboxylic acid groups (broad SMARTS) is 1. The van der Waals surface area contributed by atoms with E-state index in [0.717, 1.165) is 0 Å². The SMILES string of the molecule is CC(C)CC(=O)O.CN. The standard InChI is InChI=1S/C5H10O2.CH5N/c1-4(2)3-5(6)7;1-2/h4H,3H2,1-2H3,(H,6,7);2H2,1H3. The summed E-state index contributed by atoms with van der Waals surface area (Å²) in [7, 11) is 1.50. The van der Waals surface area contributed by atoms with Crippen molar-refractivity contribution in [1.82, 2.24) is 0 Å². The monoisotopic (exact) mass is 133 g/mol. The molecule has 0 aromatic carbocycles.